The lowest BCUT2D eigenvalue weighted by atomic mass is 9.80. The summed E-state index contributed by atoms with van der Waals surface area (Å²) >= 11 is 2.01. The van der Waals surface area contributed by atoms with Crippen molar-refractivity contribution in [2.75, 3.05) is 4.90 Å². The largest absolute Gasteiger partial charge is 0.310 e. The van der Waals surface area contributed by atoms with E-state index in [0.29, 0.717) is 0 Å². The molecule has 60 heavy (non-hydrogen) atoms. The van der Waals surface area contributed by atoms with Gasteiger partial charge < -0.3 is 4.90 Å². The fraction of sp³-hybridized carbons (Fsp3) is 0.0909. The molecule has 1 fully saturated rings. The van der Waals surface area contributed by atoms with E-state index < -0.39 is 0 Å². The zero-order valence-corrected chi connectivity index (χ0v) is 33.8. The molecule has 1 saturated heterocycles. The number of nitrogens with one attached hydrogen (secondary N) is 3. The summed E-state index contributed by atoms with van der Waals surface area (Å²) in [5, 5.41) is 12.0. The van der Waals surface area contributed by atoms with Crippen molar-refractivity contribution in [2.24, 2.45) is 0 Å². The van der Waals surface area contributed by atoms with Crippen LogP contribution in [0.1, 0.15) is 57.8 Å². The van der Waals surface area contributed by atoms with Crippen LogP contribution >= 0.6 is 11.8 Å². The molecule has 3 N–H and O–H groups in total. The molecule has 5 heteroatoms. The van der Waals surface area contributed by atoms with Gasteiger partial charge in [-0.25, -0.2) is 0 Å². The maximum absolute atomic E-state index is 3.96. The molecule has 0 spiro atoms. The van der Waals surface area contributed by atoms with E-state index in [9.17, 15) is 0 Å². The molecular weight excluding hydrogens is 749 g/mol. The van der Waals surface area contributed by atoms with E-state index in [1.807, 2.05) is 11.8 Å². The maximum Gasteiger partial charge on any atom is 0.0875 e. The first-order valence-corrected chi connectivity index (χ1v) is 21.7. The van der Waals surface area contributed by atoms with Gasteiger partial charge in [-0.15, -0.1) is 11.8 Å². The van der Waals surface area contributed by atoms with E-state index in [-0.39, 0.29) is 29.7 Å². The van der Waals surface area contributed by atoms with Crippen LogP contribution in [0.3, 0.4) is 0 Å². The summed E-state index contributed by atoms with van der Waals surface area (Å²) in [6.07, 6.45) is 2.40. The Hall–Kier alpha value is -6.47. The number of rotatable bonds is 8. The molecule has 4 nitrogen and oxygen atoms in total. The predicted octanol–water partition coefficient (Wildman–Crippen LogP) is 13.0. The molecule has 0 aromatic heterocycles. The summed E-state index contributed by atoms with van der Waals surface area (Å²) < 4.78 is 0. The van der Waals surface area contributed by atoms with E-state index in [1.165, 1.54) is 66.2 Å². The van der Waals surface area contributed by atoms with Crippen molar-refractivity contribution in [3.05, 3.63) is 252 Å². The molecule has 8 aromatic carbocycles. The van der Waals surface area contributed by atoms with E-state index in [4.69, 9.17) is 0 Å². The quantitative estimate of drug-likeness (QED) is 0.143. The van der Waals surface area contributed by atoms with Gasteiger partial charge in [0.15, 0.2) is 0 Å². The van der Waals surface area contributed by atoms with E-state index >= 15 is 0 Å². The Balaban J connectivity index is 0.998. The lowest BCUT2D eigenvalue weighted by Crippen LogP contribution is -2.54. The number of benzene rings is 8. The highest BCUT2D eigenvalue weighted by Crippen LogP contribution is 2.56. The van der Waals surface area contributed by atoms with Crippen LogP contribution in [0.5, 0.6) is 0 Å². The zero-order chi connectivity index (χ0) is 39.8. The van der Waals surface area contributed by atoms with Gasteiger partial charge in [0.1, 0.15) is 0 Å². The second-order valence-corrected chi connectivity index (χ2v) is 16.9. The number of hydrogen-bond acceptors (Lipinski definition) is 5. The van der Waals surface area contributed by atoms with Crippen molar-refractivity contribution in [1.82, 2.24) is 16.0 Å². The Morgan fingerprint density at radius 3 is 1.35 bits per heavy atom. The molecule has 4 atom stereocenters. The van der Waals surface area contributed by atoms with Crippen LogP contribution in [0.25, 0.3) is 28.0 Å². The molecule has 4 unspecified atom stereocenters. The van der Waals surface area contributed by atoms with Crippen LogP contribution in [-0.4, -0.2) is 5.25 Å². The monoisotopic (exact) mass is 792 g/mol. The Morgan fingerprint density at radius 1 is 0.367 bits per heavy atom. The average Bonchev–Trinajstić information content (AvgIpc) is 3.72. The van der Waals surface area contributed by atoms with Crippen molar-refractivity contribution in [3.63, 3.8) is 0 Å². The van der Waals surface area contributed by atoms with E-state index in [0.717, 1.165) is 11.4 Å². The number of nitrogens with zero attached hydrogens (tertiary/aromatic N) is 1. The van der Waals surface area contributed by atoms with Crippen LogP contribution in [-0.2, 0) is 0 Å². The van der Waals surface area contributed by atoms with Crippen LogP contribution < -0.4 is 20.9 Å². The number of thioether (sulfide) groups is 1. The van der Waals surface area contributed by atoms with Crippen molar-refractivity contribution in [2.45, 2.75) is 34.6 Å². The molecular formula is C55H44N4S. The third-order valence-electron chi connectivity index (χ3n) is 12.2. The molecule has 8 aromatic rings. The summed E-state index contributed by atoms with van der Waals surface area (Å²) in [5.74, 6) is 0.226. The molecule has 0 saturated carbocycles. The molecule has 0 bridgehead atoms. The molecule has 1 aliphatic carbocycles. The van der Waals surface area contributed by atoms with Crippen LogP contribution in [0.2, 0.25) is 0 Å². The molecule has 2 heterocycles. The highest BCUT2D eigenvalue weighted by atomic mass is 32.2. The maximum atomic E-state index is 3.96. The molecule has 2 aliphatic heterocycles. The topological polar surface area (TPSA) is 39.3 Å². The lowest BCUT2D eigenvalue weighted by molar-refractivity contribution is 0.201. The van der Waals surface area contributed by atoms with E-state index in [1.54, 1.807) is 0 Å². The van der Waals surface area contributed by atoms with Crippen molar-refractivity contribution < 1.29 is 0 Å². The van der Waals surface area contributed by atoms with Crippen molar-refractivity contribution >= 4 is 28.8 Å². The van der Waals surface area contributed by atoms with Crippen LogP contribution in [0, 0.1) is 0 Å². The number of fused-ring (bicyclic) bond motifs is 5. The van der Waals surface area contributed by atoms with Crippen molar-refractivity contribution in [3.8, 4) is 22.3 Å². The van der Waals surface area contributed by atoms with Gasteiger partial charge in [0.05, 0.1) is 24.2 Å². The fourth-order valence-electron chi connectivity index (χ4n) is 9.27. The summed E-state index contributed by atoms with van der Waals surface area (Å²) in [4.78, 5) is 3.82. The summed E-state index contributed by atoms with van der Waals surface area (Å²) in [7, 11) is 0. The predicted molar refractivity (Wildman–Crippen MR) is 249 cm³/mol. The summed E-state index contributed by atoms with van der Waals surface area (Å²) in [6.45, 7) is 0. The van der Waals surface area contributed by atoms with Gasteiger partial charge in [-0.3, -0.25) is 16.0 Å². The third kappa shape index (κ3) is 6.86. The molecule has 0 radical (unpaired) electrons. The minimum absolute atomic E-state index is 0.0328. The highest BCUT2D eigenvalue weighted by molar-refractivity contribution is 8.00. The standard InChI is InChI=1S/C55H44N4S/c1-5-16-37(17-6-1)39-28-32-43(33-29-39)59(44-34-30-40(31-35-44)38-18-7-2-8-19-38)49-36-50-51(46-25-14-13-24-45(46)49)47-26-15-27-48(52(47)60-50)55-57-53(41-20-9-3-10-21-41)56-54(58-55)42-22-11-4-12-23-42/h1-36,50-51,53-58H. The second kappa shape index (κ2) is 15.9. The van der Waals surface area contributed by atoms with Gasteiger partial charge in [-0.1, -0.05) is 188 Å². The highest BCUT2D eigenvalue weighted by Gasteiger charge is 2.42. The van der Waals surface area contributed by atoms with Gasteiger partial charge in [0, 0.05) is 33.0 Å². The number of hydrogen-bond donors (Lipinski definition) is 3. The second-order valence-electron chi connectivity index (χ2n) is 15.7. The van der Waals surface area contributed by atoms with Crippen LogP contribution in [0.4, 0.5) is 11.4 Å². The summed E-state index contributed by atoms with van der Waals surface area (Å²) in [5.41, 5.74) is 16.1. The molecule has 11 rings (SSSR count). The van der Waals surface area contributed by atoms with Crippen LogP contribution in [0.15, 0.2) is 223 Å². The van der Waals surface area contributed by atoms with Gasteiger partial charge in [-0.05, 0) is 80.4 Å². The molecule has 0 amide bonds. The van der Waals surface area contributed by atoms with Gasteiger partial charge in [-0.2, -0.15) is 0 Å². The first-order valence-electron chi connectivity index (χ1n) is 20.8. The molecule has 290 valence electrons. The fourth-order valence-corrected chi connectivity index (χ4v) is 10.8. The summed E-state index contributed by atoms with van der Waals surface area (Å²) in [6, 6.07) is 76.9. The normalized spacial score (nSPS) is 20.3. The first kappa shape index (κ1) is 36.6. The Kier molecular flexibility index (Phi) is 9.73. The minimum Gasteiger partial charge on any atom is -0.310 e. The molecule has 3 aliphatic rings. The Labute approximate surface area is 356 Å². The third-order valence-corrected chi connectivity index (χ3v) is 13.6. The van der Waals surface area contributed by atoms with E-state index in [2.05, 4.69) is 239 Å². The Bertz CT molecular complexity index is 2640. The van der Waals surface area contributed by atoms with Gasteiger partial charge in [0.2, 0.25) is 0 Å². The smallest absolute Gasteiger partial charge is 0.0875 e. The zero-order valence-electron chi connectivity index (χ0n) is 33.0. The van der Waals surface area contributed by atoms with Crippen molar-refractivity contribution in [1.29, 1.82) is 0 Å². The Morgan fingerprint density at radius 2 is 0.800 bits per heavy atom. The lowest BCUT2D eigenvalue weighted by Gasteiger charge is -2.40. The number of anilines is 2. The minimum atomic E-state index is -0.0780. The SMILES string of the molecule is C1=C(N(c2ccc(-c3ccccc3)cc2)c2ccc(-c3ccccc3)cc2)c2ccccc2C2c3cccc(C4NC(c5ccccc5)NC(c5ccccc5)N4)c3SC12. The average molecular weight is 793 g/mol. The van der Waals surface area contributed by atoms with Gasteiger partial charge >= 0.3 is 0 Å². The first-order chi connectivity index (χ1) is 29.7. The van der Waals surface area contributed by atoms with Gasteiger partial charge in [0.25, 0.3) is 0 Å².